The summed E-state index contributed by atoms with van der Waals surface area (Å²) in [6.45, 7) is 0. The average Bonchev–Trinajstić information content (AvgIpc) is 2.77. The van der Waals surface area contributed by atoms with Gasteiger partial charge < -0.3 is 4.57 Å². The van der Waals surface area contributed by atoms with E-state index in [1.807, 2.05) is 17.8 Å². The molecule has 0 aliphatic carbocycles. The molecular formula is C12H14ClFN4. The molecule has 1 aromatic heterocycles. The molecule has 3 N–H and O–H groups in total. The van der Waals surface area contributed by atoms with Crippen molar-refractivity contribution in [3.8, 4) is 0 Å². The van der Waals surface area contributed by atoms with Crippen molar-refractivity contribution >= 4 is 11.6 Å². The minimum Gasteiger partial charge on any atom is -0.337 e. The smallest absolute Gasteiger partial charge is 0.142 e. The van der Waals surface area contributed by atoms with Crippen LogP contribution in [0.25, 0.3) is 0 Å². The Labute approximate surface area is 110 Å². The molecule has 18 heavy (non-hydrogen) atoms. The number of halogens is 2. The quantitative estimate of drug-likeness (QED) is 0.658. The van der Waals surface area contributed by atoms with E-state index in [0.717, 1.165) is 11.4 Å². The Morgan fingerprint density at radius 2 is 2.33 bits per heavy atom. The van der Waals surface area contributed by atoms with Crippen LogP contribution in [0.3, 0.4) is 0 Å². The van der Waals surface area contributed by atoms with E-state index in [0.29, 0.717) is 6.42 Å². The van der Waals surface area contributed by atoms with Crippen LogP contribution in [-0.2, 0) is 13.5 Å². The summed E-state index contributed by atoms with van der Waals surface area (Å²) in [4.78, 5) is 4.22. The van der Waals surface area contributed by atoms with E-state index in [9.17, 15) is 4.39 Å². The summed E-state index contributed by atoms with van der Waals surface area (Å²) in [5.41, 5.74) is 3.50. The number of aromatic nitrogens is 2. The Morgan fingerprint density at radius 1 is 1.56 bits per heavy atom. The topological polar surface area (TPSA) is 55.9 Å². The Bertz CT molecular complexity index is 541. The lowest BCUT2D eigenvalue weighted by molar-refractivity contribution is 0.505. The molecule has 0 amide bonds. The van der Waals surface area contributed by atoms with Crippen LogP contribution in [-0.4, -0.2) is 9.55 Å². The highest BCUT2D eigenvalue weighted by atomic mass is 35.5. The fourth-order valence-corrected chi connectivity index (χ4v) is 1.96. The van der Waals surface area contributed by atoms with Crippen molar-refractivity contribution in [3.63, 3.8) is 0 Å². The van der Waals surface area contributed by atoms with Crippen molar-refractivity contribution < 1.29 is 4.39 Å². The molecule has 4 nitrogen and oxygen atoms in total. The number of benzene rings is 1. The van der Waals surface area contributed by atoms with Crippen LogP contribution in [0.2, 0.25) is 5.02 Å². The van der Waals surface area contributed by atoms with Crippen molar-refractivity contribution in [2.75, 3.05) is 0 Å². The van der Waals surface area contributed by atoms with Crippen LogP contribution < -0.4 is 11.3 Å². The van der Waals surface area contributed by atoms with Gasteiger partial charge in [0.05, 0.1) is 11.1 Å². The second-order valence-electron chi connectivity index (χ2n) is 4.07. The van der Waals surface area contributed by atoms with E-state index >= 15 is 0 Å². The van der Waals surface area contributed by atoms with Crippen molar-refractivity contribution in [3.05, 3.63) is 52.8 Å². The molecule has 0 bridgehead atoms. The SMILES string of the molecule is Cn1ccnc1C(Cc1ccc(Cl)c(F)c1)NN. The number of hydrogen-bond acceptors (Lipinski definition) is 3. The number of aryl methyl sites for hydroxylation is 1. The van der Waals surface area contributed by atoms with Gasteiger partial charge in [0, 0.05) is 19.4 Å². The maximum Gasteiger partial charge on any atom is 0.142 e. The van der Waals surface area contributed by atoms with Crippen molar-refractivity contribution in [2.24, 2.45) is 12.9 Å². The Balaban J connectivity index is 2.20. The van der Waals surface area contributed by atoms with Crippen LogP contribution in [0, 0.1) is 5.82 Å². The van der Waals surface area contributed by atoms with Gasteiger partial charge in [0.2, 0.25) is 0 Å². The number of nitrogens with zero attached hydrogens (tertiary/aromatic N) is 2. The van der Waals surface area contributed by atoms with Gasteiger partial charge in [0.1, 0.15) is 11.6 Å². The zero-order valence-corrected chi connectivity index (χ0v) is 10.7. The zero-order chi connectivity index (χ0) is 13.1. The fourth-order valence-electron chi connectivity index (χ4n) is 1.84. The molecule has 0 aliphatic rings. The first-order valence-corrected chi connectivity index (χ1v) is 5.87. The van der Waals surface area contributed by atoms with Gasteiger partial charge in [-0.1, -0.05) is 17.7 Å². The Hall–Kier alpha value is -1.43. The molecule has 1 heterocycles. The lowest BCUT2D eigenvalue weighted by Crippen LogP contribution is -2.31. The van der Waals surface area contributed by atoms with Crippen molar-refractivity contribution in [1.82, 2.24) is 15.0 Å². The molecule has 1 atom stereocenters. The highest BCUT2D eigenvalue weighted by Crippen LogP contribution is 2.20. The van der Waals surface area contributed by atoms with Crippen LogP contribution in [0.4, 0.5) is 4.39 Å². The lowest BCUT2D eigenvalue weighted by atomic mass is 10.1. The van der Waals surface area contributed by atoms with E-state index in [4.69, 9.17) is 17.4 Å². The van der Waals surface area contributed by atoms with Crippen molar-refractivity contribution in [2.45, 2.75) is 12.5 Å². The maximum absolute atomic E-state index is 13.4. The average molecular weight is 269 g/mol. The molecule has 0 saturated carbocycles. The van der Waals surface area contributed by atoms with E-state index in [2.05, 4.69) is 10.4 Å². The summed E-state index contributed by atoms with van der Waals surface area (Å²) in [6, 6.07) is 4.55. The molecule has 0 fully saturated rings. The Kier molecular flexibility index (Phi) is 3.96. The monoisotopic (exact) mass is 268 g/mol. The highest BCUT2D eigenvalue weighted by Gasteiger charge is 2.15. The Morgan fingerprint density at radius 3 is 2.89 bits per heavy atom. The van der Waals surface area contributed by atoms with E-state index in [1.165, 1.54) is 12.1 Å². The summed E-state index contributed by atoms with van der Waals surface area (Å²) in [5, 5.41) is 0.119. The third-order valence-corrected chi connectivity index (χ3v) is 3.10. The predicted octanol–water partition coefficient (Wildman–Crippen LogP) is 1.96. The van der Waals surface area contributed by atoms with Gasteiger partial charge in [-0.2, -0.15) is 0 Å². The first-order chi connectivity index (χ1) is 8.61. The van der Waals surface area contributed by atoms with Crippen LogP contribution in [0.1, 0.15) is 17.4 Å². The second-order valence-corrected chi connectivity index (χ2v) is 4.48. The summed E-state index contributed by atoms with van der Waals surface area (Å²) in [5.74, 6) is 5.90. The fraction of sp³-hybridized carbons (Fsp3) is 0.250. The normalized spacial score (nSPS) is 12.7. The minimum atomic E-state index is -0.426. The zero-order valence-electron chi connectivity index (χ0n) is 9.90. The van der Waals surface area contributed by atoms with Crippen LogP contribution in [0.15, 0.2) is 30.6 Å². The number of nitrogens with two attached hydrogens (primary N) is 1. The molecule has 0 saturated heterocycles. The van der Waals surface area contributed by atoms with Crippen LogP contribution in [0.5, 0.6) is 0 Å². The maximum atomic E-state index is 13.4. The summed E-state index contributed by atoms with van der Waals surface area (Å²) in [7, 11) is 1.88. The minimum absolute atomic E-state index is 0.119. The number of imidazole rings is 1. The predicted molar refractivity (Wildman–Crippen MR) is 68.4 cm³/mol. The molecule has 96 valence electrons. The molecule has 2 aromatic rings. The standard InChI is InChI=1S/C12H14ClFN4/c1-18-5-4-16-12(18)11(17-15)7-8-2-3-9(13)10(14)6-8/h2-6,11,17H,7,15H2,1H3. The summed E-state index contributed by atoms with van der Waals surface area (Å²) in [6.07, 6.45) is 4.07. The number of hydrazine groups is 1. The molecule has 0 spiro atoms. The molecule has 6 heteroatoms. The molecule has 1 unspecified atom stereocenters. The summed E-state index contributed by atoms with van der Waals surface area (Å²) >= 11 is 5.64. The number of hydrogen-bond donors (Lipinski definition) is 2. The van der Waals surface area contributed by atoms with Gasteiger partial charge in [0.15, 0.2) is 0 Å². The first kappa shape index (κ1) is 13.0. The summed E-state index contributed by atoms with van der Waals surface area (Å²) < 4.78 is 15.2. The van der Waals surface area contributed by atoms with Gasteiger partial charge in [-0.25, -0.2) is 14.8 Å². The molecular weight excluding hydrogens is 255 g/mol. The van der Waals surface area contributed by atoms with Gasteiger partial charge in [-0.3, -0.25) is 5.84 Å². The van der Waals surface area contributed by atoms with E-state index in [-0.39, 0.29) is 11.1 Å². The second kappa shape index (κ2) is 5.48. The van der Waals surface area contributed by atoms with Gasteiger partial charge in [-0.05, 0) is 24.1 Å². The van der Waals surface area contributed by atoms with Gasteiger partial charge >= 0.3 is 0 Å². The van der Waals surface area contributed by atoms with Crippen molar-refractivity contribution in [1.29, 1.82) is 0 Å². The van der Waals surface area contributed by atoms with E-state index in [1.54, 1.807) is 12.3 Å². The lowest BCUT2D eigenvalue weighted by Gasteiger charge is -2.15. The molecule has 0 aliphatic heterocycles. The first-order valence-electron chi connectivity index (χ1n) is 5.49. The molecule has 2 rings (SSSR count). The van der Waals surface area contributed by atoms with Gasteiger partial charge in [-0.15, -0.1) is 0 Å². The largest absolute Gasteiger partial charge is 0.337 e. The van der Waals surface area contributed by atoms with Crippen LogP contribution >= 0.6 is 11.6 Å². The number of rotatable bonds is 4. The number of nitrogens with one attached hydrogen (secondary N) is 1. The van der Waals surface area contributed by atoms with Gasteiger partial charge in [0.25, 0.3) is 0 Å². The highest BCUT2D eigenvalue weighted by molar-refractivity contribution is 6.30. The third kappa shape index (κ3) is 2.69. The third-order valence-electron chi connectivity index (χ3n) is 2.80. The molecule has 0 radical (unpaired) electrons. The molecule has 1 aromatic carbocycles. The van der Waals surface area contributed by atoms with E-state index < -0.39 is 5.82 Å².